The highest BCUT2D eigenvalue weighted by Crippen LogP contribution is 2.25. The molecule has 31 heavy (non-hydrogen) atoms. The van der Waals surface area contributed by atoms with Gasteiger partial charge in [0.1, 0.15) is 12.4 Å². The zero-order valence-electron chi connectivity index (χ0n) is 16.5. The molecule has 0 spiro atoms. The zero-order valence-corrected chi connectivity index (χ0v) is 18.0. The lowest BCUT2D eigenvalue weighted by molar-refractivity contribution is 0.100. The van der Waals surface area contributed by atoms with Gasteiger partial charge in [0.2, 0.25) is 5.91 Å². The standard InChI is InChI=1S/C21H18ClN5O3S/c1-27-19(10-30-18-5-3-2-4-15(18)22)25-26-21(27)31-11-13-9-17(28)14-8-12(20(23)29)6-7-16(14)24-13/h2-9H,10-11H2,1H3,(H2,23,29)(H,24,28). The lowest BCUT2D eigenvalue weighted by atomic mass is 10.1. The van der Waals surface area contributed by atoms with Crippen LogP contribution in [0.4, 0.5) is 0 Å². The molecular formula is C21H18ClN5O3S. The number of aromatic amines is 1. The van der Waals surface area contributed by atoms with E-state index in [1.807, 2.05) is 23.7 Å². The number of thioether (sulfide) groups is 1. The minimum absolute atomic E-state index is 0.181. The molecule has 0 bridgehead atoms. The number of nitrogens with zero attached hydrogens (tertiary/aromatic N) is 3. The van der Waals surface area contributed by atoms with E-state index in [0.717, 1.165) is 5.69 Å². The fourth-order valence-corrected chi connectivity index (χ4v) is 4.00. The van der Waals surface area contributed by atoms with Crippen LogP contribution < -0.4 is 15.9 Å². The van der Waals surface area contributed by atoms with E-state index in [0.29, 0.717) is 44.0 Å². The van der Waals surface area contributed by atoms with Crippen LogP contribution >= 0.6 is 23.4 Å². The number of rotatable bonds is 7. The van der Waals surface area contributed by atoms with Gasteiger partial charge in [-0.1, -0.05) is 35.5 Å². The van der Waals surface area contributed by atoms with Crippen LogP contribution in [0.1, 0.15) is 21.9 Å². The Morgan fingerprint density at radius 1 is 1.23 bits per heavy atom. The third-order valence-corrected chi connectivity index (χ3v) is 6.03. The molecule has 0 aliphatic rings. The molecule has 0 radical (unpaired) electrons. The van der Waals surface area contributed by atoms with Crippen molar-refractivity contribution in [1.82, 2.24) is 19.7 Å². The summed E-state index contributed by atoms with van der Waals surface area (Å²) in [7, 11) is 1.85. The summed E-state index contributed by atoms with van der Waals surface area (Å²) >= 11 is 7.54. The maximum Gasteiger partial charge on any atom is 0.248 e. The van der Waals surface area contributed by atoms with Gasteiger partial charge in [0, 0.05) is 41.0 Å². The number of halogens is 1. The Morgan fingerprint density at radius 2 is 2.03 bits per heavy atom. The number of pyridine rings is 1. The summed E-state index contributed by atoms with van der Waals surface area (Å²) < 4.78 is 7.56. The number of amides is 1. The van der Waals surface area contributed by atoms with Crippen molar-refractivity contribution >= 4 is 40.2 Å². The predicted molar refractivity (Wildman–Crippen MR) is 119 cm³/mol. The van der Waals surface area contributed by atoms with Crippen molar-refractivity contribution < 1.29 is 9.53 Å². The van der Waals surface area contributed by atoms with Crippen LogP contribution in [0.25, 0.3) is 10.9 Å². The fraction of sp³-hybridized carbons (Fsp3) is 0.143. The second kappa shape index (κ2) is 8.83. The van der Waals surface area contributed by atoms with E-state index < -0.39 is 5.91 Å². The lowest BCUT2D eigenvalue weighted by Gasteiger charge is -2.08. The third kappa shape index (κ3) is 4.57. The number of fused-ring (bicyclic) bond motifs is 1. The van der Waals surface area contributed by atoms with Crippen LogP contribution in [0.5, 0.6) is 5.75 Å². The lowest BCUT2D eigenvalue weighted by Crippen LogP contribution is -2.12. The summed E-state index contributed by atoms with van der Waals surface area (Å²) in [6.07, 6.45) is 0. The monoisotopic (exact) mass is 455 g/mol. The van der Waals surface area contributed by atoms with Crippen molar-refractivity contribution in [3.8, 4) is 5.75 Å². The van der Waals surface area contributed by atoms with Gasteiger partial charge < -0.3 is 20.0 Å². The van der Waals surface area contributed by atoms with E-state index in [1.165, 1.54) is 23.9 Å². The largest absolute Gasteiger partial charge is 0.484 e. The van der Waals surface area contributed by atoms with Crippen LogP contribution in [-0.4, -0.2) is 25.7 Å². The molecule has 1 amide bonds. The molecule has 10 heteroatoms. The Kier molecular flexibility index (Phi) is 5.97. The molecule has 2 aromatic carbocycles. The fourth-order valence-electron chi connectivity index (χ4n) is 2.98. The van der Waals surface area contributed by atoms with Crippen molar-refractivity contribution in [3.63, 3.8) is 0 Å². The molecule has 4 rings (SSSR count). The quantitative estimate of drug-likeness (QED) is 0.413. The van der Waals surface area contributed by atoms with Gasteiger partial charge in [-0.15, -0.1) is 10.2 Å². The van der Waals surface area contributed by atoms with Gasteiger partial charge in [-0.25, -0.2) is 0 Å². The van der Waals surface area contributed by atoms with Crippen LogP contribution in [0, 0.1) is 0 Å². The molecular weight excluding hydrogens is 438 g/mol. The van der Waals surface area contributed by atoms with Gasteiger partial charge in [-0.05, 0) is 30.3 Å². The minimum atomic E-state index is -0.572. The summed E-state index contributed by atoms with van der Waals surface area (Å²) in [4.78, 5) is 27.0. The molecule has 158 valence electrons. The van der Waals surface area contributed by atoms with Crippen molar-refractivity contribution in [2.24, 2.45) is 12.8 Å². The Bertz CT molecular complexity index is 1330. The molecule has 0 aliphatic carbocycles. The Hall–Kier alpha value is -3.30. The molecule has 8 nitrogen and oxygen atoms in total. The summed E-state index contributed by atoms with van der Waals surface area (Å²) in [5, 5.41) is 10.0. The average Bonchev–Trinajstić information content (AvgIpc) is 3.11. The average molecular weight is 456 g/mol. The predicted octanol–water partition coefficient (Wildman–Crippen LogP) is 3.28. The van der Waals surface area contributed by atoms with Gasteiger partial charge >= 0.3 is 0 Å². The van der Waals surface area contributed by atoms with E-state index in [2.05, 4.69) is 15.2 Å². The molecule has 0 atom stereocenters. The highest BCUT2D eigenvalue weighted by atomic mass is 35.5. The molecule has 2 aromatic heterocycles. The second-order valence-corrected chi connectivity index (χ2v) is 8.10. The summed E-state index contributed by atoms with van der Waals surface area (Å²) in [5.74, 6) is 1.14. The van der Waals surface area contributed by atoms with Crippen molar-refractivity contribution in [2.45, 2.75) is 17.5 Å². The molecule has 3 N–H and O–H groups in total. The smallest absolute Gasteiger partial charge is 0.248 e. The summed E-state index contributed by atoms with van der Waals surface area (Å²) in [5.41, 5.74) is 6.77. The SMILES string of the molecule is Cn1c(COc2ccccc2Cl)nnc1SCc1cc(=O)c2cc(C(N)=O)ccc2[nH]1. The first kappa shape index (κ1) is 21.0. The number of H-pyrrole nitrogens is 1. The molecule has 4 aromatic rings. The molecule has 0 fully saturated rings. The first-order chi connectivity index (χ1) is 14.9. The Balaban J connectivity index is 1.46. The van der Waals surface area contributed by atoms with Gasteiger partial charge in [0.25, 0.3) is 0 Å². The number of nitrogens with one attached hydrogen (secondary N) is 1. The molecule has 0 unspecified atom stereocenters. The first-order valence-electron chi connectivity index (χ1n) is 9.26. The number of benzene rings is 2. The minimum Gasteiger partial charge on any atom is -0.484 e. The number of carbonyl (C=O) groups excluding carboxylic acids is 1. The molecule has 0 saturated carbocycles. The Labute approximate surface area is 186 Å². The number of ether oxygens (including phenoxy) is 1. The van der Waals surface area contributed by atoms with Crippen LogP contribution in [0.15, 0.2) is 58.5 Å². The third-order valence-electron chi connectivity index (χ3n) is 4.65. The van der Waals surface area contributed by atoms with Gasteiger partial charge in [-0.3, -0.25) is 9.59 Å². The van der Waals surface area contributed by atoms with Crippen molar-refractivity contribution in [1.29, 1.82) is 0 Å². The normalized spacial score (nSPS) is 11.0. The zero-order chi connectivity index (χ0) is 22.0. The van der Waals surface area contributed by atoms with E-state index in [9.17, 15) is 9.59 Å². The van der Waals surface area contributed by atoms with Gasteiger partial charge in [0.05, 0.1) is 5.02 Å². The van der Waals surface area contributed by atoms with Gasteiger partial charge in [-0.2, -0.15) is 0 Å². The first-order valence-corrected chi connectivity index (χ1v) is 10.6. The van der Waals surface area contributed by atoms with E-state index in [1.54, 1.807) is 24.3 Å². The molecule has 0 saturated heterocycles. The number of nitrogens with two attached hydrogens (primary N) is 1. The van der Waals surface area contributed by atoms with E-state index in [4.69, 9.17) is 22.1 Å². The maximum atomic E-state index is 12.5. The number of hydrogen-bond donors (Lipinski definition) is 2. The number of para-hydroxylation sites is 1. The number of hydrogen-bond acceptors (Lipinski definition) is 6. The topological polar surface area (TPSA) is 116 Å². The second-order valence-electron chi connectivity index (χ2n) is 6.75. The molecule has 0 aliphatic heterocycles. The number of aromatic nitrogens is 4. The summed E-state index contributed by atoms with van der Waals surface area (Å²) in [6, 6.07) is 13.5. The molecule has 2 heterocycles. The summed E-state index contributed by atoms with van der Waals surface area (Å²) in [6.45, 7) is 0.225. The maximum absolute atomic E-state index is 12.5. The van der Waals surface area contributed by atoms with Crippen LogP contribution in [0.2, 0.25) is 5.02 Å². The van der Waals surface area contributed by atoms with Crippen molar-refractivity contribution in [3.05, 3.63) is 80.9 Å². The number of primary amides is 1. The van der Waals surface area contributed by atoms with E-state index >= 15 is 0 Å². The van der Waals surface area contributed by atoms with Crippen molar-refractivity contribution in [2.75, 3.05) is 0 Å². The Morgan fingerprint density at radius 3 is 2.81 bits per heavy atom. The number of carbonyl (C=O) groups is 1. The highest BCUT2D eigenvalue weighted by molar-refractivity contribution is 7.98. The highest BCUT2D eigenvalue weighted by Gasteiger charge is 2.12. The van der Waals surface area contributed by atoms with Crippen LogP contribution in [-0.2, 0) is 19.4 Å². The van der Waals surface area contributed by atoms with E-state index in [-0.39, 0.29) is 12.0 Å². The van der Waals surface area contributed by atoms with Gasteiger partial charge in [0.15, 0.2) is 16.4 Å². The van der Waals surface area contributed by atoms with Crippen LogP contribution in [0.3, 0.4) is 0 Å².